The summed E-state index contributed by atoms with van der Waals surface area (Å²) in [6.45, 7) is 1.36. The molecule has 1 heterocycles. The Bertz CT molecular complexity index is 417. The number of amides is 1. The molecule has 92 valence electrons. The van der Waals surface area contributed by atoms with Gasteiger partial charge in [0.2, 0.25) is 0 Å². The molecule has 4 nitrogen and oxygen atoms in total. The average molecular weight is 238 g/mol. The smallest absolute Gasteiger partial charge is 0.250 e. The number of nitrogens with two attached hydrogens (primary N) is 1. The van der Waals surface area contributed by atoms with Crippen LogP contribution in [0.4, 0.5) is 10.1 Å². The minimum absolute atomic E-state index is 0.198. The number of primary amides is 1. The quantitative estimate of drug-likeness (QED) is 0.839. The molecule has 0 unspecified atom stereocenters. The molecule has 1 aliphatic heterocycles. The molecule has 1 amide bonds. The molecular formula is C12H15FN2O2. The molecule has 0 saturated carbocycles. The molecule has 0 bridgehead atoms. The Labute approximate surface area is 98.9 Å². The number of rotatable bonds is 3. The fraction of sp³-hybridized carbons (Fsp3) is 0.417. The van der Waals surface area contributed by atoms with Crippen molar-refractivity contribution in [2.75, 3.05) is 18.5 Å². The van der Waals surface area contributed by atoms with Crippen LogP contribution in [0, 0.1) is 5.82 Å². The van der Waals surface area contributed by atoms with Crippen molar-refractivity contribution in [2.45, 2.75) is 18.9 Å². The van der Waals surface area contributed by atoms with E-state index in [1.807, 2.05) is 0 Å². The summed E-state index contributed by atoms with van der Waals surface area (Å²) in [5.74, 6) is -0.941. The molecule has 0 radical (unpaired) electrons. The summed E-state index contributed by atoms with van der Waals surface area (Å²) in [4.78, 5) is 11.2. The number of hydrogen-bond acceptors (Lipinski definition) is 3. The first kappa shape index (κ1) is 11.9. The number of hydrogen-bond donors (Lipinski definition) is 2. The Kier molecular flexibility index (Phi) is 3.58. The van der Waals surface area contributed by atoms with Crippen LogP contribution in [0.3, 0.4) is 0 Å². The van der Waals surface area contributed by atoms with Crippen molar-refractivity contribution in [2.24, 2.45) is 5.73 Å². The van der Waals surface area contributed by atoms with Crippen molar-refractivity contribution < 1.29 is 13.9 Å². The summed E-state index contributed by atoms with van der Waals surface area (Å²) in [7, 11) is 0. The van der Waals surface area contributed by atoms with Crippen LogP contribution >= 0.6 is 0 Å². The van der Waals surface area contributed by atoms with Crippen LogP contribution in [0.1, 0.15) is 23.2 Å². The fourth-order valence-electron chi connectivity index (χ4n) is 1.91. The van der Waals surface area contributed by atoms with Gasteiger partial charge < -0.3 is 15.8 Å². The average Bonchev–Trinajstić information content (AvgIpc) is 2.30. The van der Waals surface area contributed by atoms with E-state index >= 15 is 0 Å². The lowest BCUT2D eigenvalue weighted by atomic mass is 10.1. The van der Waals surface area contributed by atoms with Gasteiger partial charge >= 0.3 is 0 Å². The van der Waals surface area contributed by atoms with Crippen LogP contribution in [0.15, 0.2) is 18.2 Å². The monoisotopic (exact) mass is 238 g/mol. The highest BCUT2D eigenvalue weighted by Crippen LogP contribution is 2.20. The Morgan fingerprint density at radius 2 is 2.12 bits per heavy atom. The Morgan fingerprint density at radius 3 is 2.76 bits per heavy atom. The predicted octanol–water partition coefficient (Wildman–Crippen LogP) is 1.52. The molecule has 1 saturated heterocycles. The maximum atomic E-state index is 13.1. The van der Waals surface area contributed by atoms with E-state index in [2.05, 4.69) is 5.32 Å². The first-order chi connectivity index (χ1) is 8.16. The minimum atomic E-state index is -0.556. The van der Waals surface area contributed by atoms with Crippen molar-refractivity contribution >= 4 is 11.6 Å². The molecule has 2 rings (SSSR count). The summed E-state index contributed by atoms with van der Waals surface area (Å²) < 4.78 is 18.4. The van der Waals surface area contributed by atoms with E-state index < -0.39 is 5.91 Å². The lowest BCUT2D eigenvalue weighted by Crippen LogP contribution is -2.29. The van der Waals surface area contributed by atoms with Gasteiger partial charge in [-0.05, 0) is 31.0 Å². The van der Waals surface area contributed by atoms with Crippen LogP contribution in [0.25, 0.3) is 0 Å². The number of benzene rings is 1. The first-order valence-corrected chi connectivity index (χ1v) is 5.60. The number of nitrogens with one attached hydrogen (secondary N) is 1. The van der Waals surface area contributed by atoms with Gasteiger partial charge in [-0.2, -0.15) is 0 Å². The summed E-state index contributed by atoms with van der Waals surface area (Å²) in [6, 6.07) is 4.13. The number of carbonyl (C=O) groups excluding carboxylic acids is 1. The Hall–Kier alpha value is -1.62. The summed E-state index contributed by atoms with van der Waals surface area (Å²) in [5, 5.41) is 3.15. The molecule has 3 N–H and O–H groups in total. The molecular weight excluding hydrogens is 223 g/mol. The molecule has 1 fully saturated rings. The molecule has 1 aliphatic rings. The maximum absolute atomic E-state index is 13.1. The summed E-state index contributed by atoms with van der Waals surface area (Å²) >= 11 is 0. The number of ether oxygens (including phenoxy) is 1. The summed E-state index contributed by atoms with van der Waals surface area (Å²) in [5.41, 5.74) is 6.02. The largest absolute Gasteiger partial charge is 0.381 e. The van der Waals surface area contributed by atoms with E-state index in [1.54, 1.807) is 0 Å². The van der Waals surface area contributed by atoms with Crippen LogP contribution in [0.2, 0.25) is 0 Å². The number of anilines is 1. The van der Waals surface area contributed by atoms with E-state index in [1.165, 1.54) is 18.2 Å². The van der Waals surface area contributed by atoms with Crippen LogP contribution in [-0.4, -0.2) is 25.2 Å². The second kappa shape index (κ2) is 5.14. The zero-order chi connectivity index (χ0) is 12.3. The van der Waals surface area contributed by atoms with Crippen molar-refractivity contribution in [3.05, 3.63) is 29.6 Å². The fourth-order valence-corrected chi connectivity index (χ4v) is 1.91. The second-order valence-corrected chi connectivity index (χ2v) is 4.09. The normalized spacial score (nSPS) is 16.8. The van der Waals surface area contributed by atoms with E-state index in [-0.39, 0.29) is 11.9 Å². The number of halogens is 1. The highest BCUT2D eigenvalue weighted by atomic mass is 19.1. The van der Waals surface area contributed by atoms with Crippen LogP contribution in [-0.2, 0) is 4.74 Å². The van der Waals surface area contributed by atoms with Gasteiger partial charge in [0, 0.05) is 19.3 Å². The summed E-state index contributed by atoms with van der Waals surface area (Å²) in [6.07, 6.45) is 1.68. The third-order valence-electron chi connectivity index (χ3n) is 2.83. The van der Waals surface area contributed by atoms with Gasteiger partial charge in [-0.3, -0.25) is 4.79 Å². The molecule has 1 aromatic carbocycles. The van der Waals surface area contributed by atoms with Crippen LogP contribution < -0.4 is 11.1 Å². The molecule has 17 heavy (non-hydrogen) atoms. The first-order valence-electron chi connectivity index (χ1n) is 5.60. The zero-order valence-corrected chi connectivity index (χ0v) is 9.41. The maximum Gasteiger partial charge on any atom is 0.250 e. The van der Waals surface area contributed by atoms with Crippen molar-refractivity contribution in [1.82, 2.24) is 0 Å². The van der Waals surface area contributed by atoms with E-state index in [0.29, 0.717) is 24.5 Å². The highest BCUT2D eigenvalue weighted by molar-refractivity contribution is 5.98. The SMILES string of the molecule is NC(=O)c1ccc(F)cc1NC1CCOCC1. The van der Waals surface area contributed by atoms with E-state index in [0.717, 1.165) is 12.8 Å². The van der Waals surface area contributed by atoms with Gasteiger partial charge in [-0.1, -0.05) is 0 Å². The molecule has 0 aliphatic carbocycles. The molecule has 0 aromatic heterocycles. The highest BCUT2D eigenvalue weighted by Gasteiger charge is 2.16. The standard InChI is InChI=1S/C12H15FN2O2/c13-8-1-2-10(12(14)16)11(7-8)15-9-3-5-17-6-4-9/h1-2,7,9,15H,3-6H2,(H2,14,16). The van der Waals surface area contributed by atoms with Crippen LogP contribution in [0.5, 0.6) is 0 Å². The van der Waals surface area contributed by atoms with E-state index in [4.69, 9.17) is 10.5 Å². The van der Waals surface area contributed by atoms with Gasteiger partial charge in [-0.15, -0.1) is 0 Å². The lowest BCUT2D eigenvalue weighted by Gasteiger charge is -2.25. The molecule has 0 spiro atoms. The number of carbonyl (C=O) groups is 1. The Balaban J connectivity index is 2.17. The Morgan fingerprint density at radius 1 is 1.41 bits per heavy atom. The minimum Gasteiger partial charge on any atom is -0.381 e. The van der Waals surface area contributed by atoms with Gasteiger partial charge in [0.25, 0.3) is 5.91 Å². The van der Waals surface area contributed by atoms with Gasteiger partial charge in [0.15, 0.2) is 0 Å². The van der Waals surface area contributed by atoms with Crippen molar-refractivity contribution in [1.29, 1.82) is 0 Å². The van der Waals surface area contributed by atoms with E-state index in [9.17, 15) is 9.18 Å². The van der Waals surface area contributed by atoms with Gasteiger partial charge in [0.1, 0.15) is 5.82 Å². The third kappa shape index (κ3) is 2.94. The van der Waals surface area contributed by atoms with Gasteiger partial charge in [-0.25, -0.2) is 4.39 Å². The van der Waals surface area contributed by atoms with Gasteiger partial charge in [0.05, 0.1) is 11.3 Å². The molecule has 5 heteroatoms. The topological polar surface area (TPSA) is 64.4 Å². The predicted molar refractivity (Wildman–Crippen MR) is 62.4 cm³/mol. The van der Waals surface area contributed by atoms with Crippen molar-refractivity contribution in [3.63, 3.8) is 0 Å². The lowest BCUT2D eigenvalue weighted by molar-refractivity contribution is 0.0904. The van der Waals surface area contributed by atoms with Crippen molar-refractivity contribution in [3.8, 4) is 0 Å². The second-order valence-electron chi connectivity index (χ2n) is 4.09. The zero-order valence-electron chi connectivity index (χ0n) is 9.41. The third-order valence-corrected chi connectivity index (χ3v) is 2.83. The molecule has 1 aromatic rings. The molecule has 0 atom stereocenters.